The van der Waals surface area contributed by atoms with E-state index in [4.69, 9.17) is 0 Å². The summed E-state index contributed by atoms with van der Waals surface area (Å²) in [5.74, 6) is 0. The Kier molecular flexibility index (Phi) is 2.10. The van der Waals surface area contributed by atoms with Gasteiger partial charge in [-0.15, -0.1) is 0 Å². The van der Waals surface area contributed by atoms with Gasteiger partial charge < -0.3 is 5.11 Å². The van der Waals surface area contributed by atoms with Gasteiger partial charge in [0.15, 0.2) is 0 Å². The highest BCUT2D eigenvalue weighted by atomic mass is 16.3. The summed E-state index contributed by atoms with van der Waals surface area (Å²) in [7, 11) is 1.97. The van der Waals surface area contributed by atoms with Gasteiger partial charge in [0.1, 0.15) is 5.72 Å². The van der Waals surface area contributed by atoms with Gasteiger partial charge in [-0.05, 0) is 25.5 Å². The van der Waals surface area contributed by atoms with E-state index in [2.05, 4.69) is 0 Å². The fourth-order valence-electron chi connectivity index (χ4n) is 2.01. The van der Waals surface area contributed by atoms with Crippen molar-refractivity contribution >= 4 is 0 Å². The van der Waals surface area contributed by atoms with Crippen LogP contribution in [0, 0.1) is 0 Å². The van der Waals surface area contributed by atoms with Gasteiger partial charge in [0, 0.05) is 6.54 Å². The molecule has 2 nitrogen and oxygen atoms in total. The normalized spacial score (nSPS) is 29.4. The first-order chi connectivity index (χ1) is 6.23. The maximum atomic E-state index is 10.4. The van der Waals surface area contributed by atoms with E-state index in [1.165, 1.54) is 0 Å². The van der Waals surface area contributed by atoms with E-state index >= 15 is 0 Å². The smallest absolute Gasteiger partial charge is 0.144 e. The van der Waals surface area contributed by atoms with E-state index in [9.17, 15) is 5.11 Å². The SMILES string of the molecule is CN1CCCC1(O)c1ccccc1. The van der Waals surface area contributed by atoms with Crippen molar-refractivity contribution in [1.29, 1.82) is 0 Å². The second-order valence-electron chi connectivity index (χ2n) is 3.71. The van der Waals surface area contributed by atoms with Crippen molar-refractivity contribution in [2.45, 2.75) is 18.6 Å². The number of rotatable bonds is 1. The quantitative estimate of drug-likeness (QED) is 0.703. The maximum Gasteiger partial charge on any atom is 0.144 e. The Bertz CT molecular complexity index is 285. The standard InChI is InChI=1S/C11H15NO/c1-12-9-5-8-11(12,13)10-6-3-2-4-7-10/h2-4,6-7,13H,5,8-9H2,1H3. The lowest BCUT2D eigenvalue weighted by Crippen LogP contribution is -2.38. The van der Waals surface area contributed by atoms with Crippen LogP contribution in [0.15, 0.2) is 30.3 Å². The van der Waals surface area contributed by atoms with E-state index in [-0.39, 0.29) is 0 Å². The molecule has 1 saturated heterocycles. The van der Waals surface area contributed by atoms with Crippen molar-refractivity contribution in [3.63, 3.8) is 0 Å². The van der Waals surface area contributed by atoms with E-state index in [1.807, 2.05) is 42.3 Å². The second kappa shape index (κ2) is 3.13. The molecule has 0 bridgehead atoms. The van der Waals surface area contributed by atoms with Crippen LogP contribution in [0.4, 0.5) is 0 Å². The minimum absolute atomic E-state index is 0.721. The summed E-state index contributed by atoms with van der Waals surface area (Å²) >= 11 is 0. The highest BCUT2D eigenvalue weighted by Gasteiger charge is 2.37. The molecule has 1 aromatic carbocycles. The molecule has 0 amide bonds. The zero-order chi connectivity index (χ0) is 9.31. The Labute approximate surface area is 78.8 Å². The van der Waals surface area contributed by atoms with Crippen molar-refractivity contribution in [3.8, 4) is 0 Å². The van der Waals surface area contributed by atoms with Gasteiger partial charge in [-0.25, -0.2) is 0 Å². The molecule has 1 aromatic rings. The fourth-order valence-corrected chi connectivity index (χ4v) is 2.01. The fraction of sp³-hybridized carbons (Fsp3) is 0.455. The van der Waals surface area contributed by atoms with Crippen LogP contribution in [0.5, 0.6) is 0 Å². The van der Waals surface area contributed by atoms with E-state index < -0.39 is 5.72 Å². The minimum atomic E-state index is -0.721. The lowest BCUT2D eigenvalue weighted by atomic mass is 10.0. The Balaban J connectivity index is 2.34. The van der Waals surface area contributed by atoms with E-state index in [0.29, 0.717) is 0 Å². The van der Waals surface area contributed by atoms with Crippen LogP contribution < -0.4 is 0 Å². The van der Waals surface area contributed by atoms with Crippen LogP contribution in [-0.4, -0.2) is 23.6 Å². The molecule has 2 heteroatoms. The molecular weight excluding hydrogens is 162 g/mol. The molecule has 0 aromatic heterocycles. The van der Waals surface area contributed by atoms with Crippen LogP contribution in [0.2, 0.25) is 0 Å². The van der Waals surface area contributed by atoms with Crippen molar-refractivity contribution in [2.75, 3.05) is 13.6 Å². The van der Waals surface area contributed by atoms with E-state index in [0.717, 1.165) is 24.9 Å². The zero-order valence-corrected chi connectivity index (χ0v) is 7.90. The first-order valence-electron chi connectivity index (χ1n) is 4.72. The van der Waals surface area contributed by atoms with Gasteiger partial charge in [0.25, 0.3) is 0 Å². The maximum absolute atomic E-state index is 10.4. The number of hydrogen-bond acceptors (Lipinski definition) is 2. The number of nitrogens with zero attached hydrogens (tertiary/aromatic N) is 1. The molecule has 1 aliphatic heterocycles. The molecule has 1 heterocycles. The summed E-state index contributed by atoms with van der Waals surface area (Å²) < 4.78 is 0. The molecule has 13 heavy (non-hydrogen) atoms. The Morgan fingerprint density at radius 2 is 2.00 bits per heavy atom. The van der Waals surface area contributed by atoms with Gasteiger partial charge in [0.05, 0.1) is 0 Å². The van der Waals surface area contributed by atoms with Gasteiger partial charge in [-0.1, -0.05) is 30.3 Å². The molecule has 1 unspecified atom stereocenters. The molecule has 0 saturated carbocycles. The van der Waals surface area contributed by atoms with Gasteiger partial charge in [-0.2, -0.15) is 0 Å². The topological polar surface area (TPSA) is 23.5 Å². The molecule has 1 atom stereocenters. The van der Waals surface area contributed by atoms with Crippen LogP contribution in [0.1, 0.15) is 18.4 Å². The third-order valence-electron chi connectivity index (χ3n) is 2.89. The van der Waals surface area contributed by atoms with Crippen LogP contribution in [-0.2, 0) is 5.72 Å². The van der Waals surface area contributed by atoms with Crippen LogP contribution in [0.3, 0.4) is 0 Å². The molecule has 0 aliphatic carbocycles. The van der Waals surface area contributed by atoms with Crippen LogP contribution >= 0.6 is 0 Å². The summed E-state index contributed by atoms with van der Waals surface area (Å²) in [6.45, 7) is 0.978. The van der Waals surface area contributed by atoms with E-state index in [1.54, 1.807) is 0 Å². The molecule has 70 valence electrons. The molecular formula is C11H15NO. The van der Waals surface area contributed by atoms with Crippen molar-refractivity contribution in [1.82, 2.24) is 4.90 Å². The number of likely N-dealkylation sites (tertiary alicyclic amines) is 1. The summed E-state index contributed by atoms with van der Waals surface area (Å²) in [6, 6.07) is 9.89. The van der Waals surface area contributed by atoms with Gasteiger partial charge >= 0.3 is 0 Å². The number of hydrogen-bond donors (Lipinski definition) is 1. The average Bonchev–Trinajstić information content (AvgIpc) is 2.50. The molecule has 1 fully saturated rings. The summed E-state index contributed by atoms with van der Waals surface area (Å²) in [6.07, 6.45) is 1.91. The van der Waals surface area contributed by atoms with Crippen molar-refractivity contribution in [3.05, 3.63) is 35.9 Å². The molecule has 0 spiro atoms. The van der Waals surface area contributed by atoms with Gasteiger partial charge in [-0.3, -0.25) is 4.90 Å². The molecule has 2 rings (SSSR count). The highest BCUT2D eigenvalue weighted by molar-refractivity contribution is 5.22. The third-order valence-corrected chi connectivity index (χ3v) is 2.89. The number of benzene rings is 1. The van der Waals surface area contributed by atoms with Gasteiger partial charge in [0.2, 0.25) is 0 Å². The minimum Gasteiger partial charge on any atom is -0.371 e. The Hall–Kier alpha value is -0.860. The van der Waals surface area contributed by atoms with Crippen LogP contribution in [0.25, 0.3) is 0 Å². The first kappa shape index (κ1) is 8.73. The molecule has 1 N–H and O–H groups in total. The lowest BCUT2D eigenvalue weighted by Gasteiger charge is -2.30. The molecule has 0 radical (unpaired) electrons. The largest absolute Gasteiger partial charge is 0.371 e. The molecule has 1 aliphatic rings. The predicted molar refractivity (Wildman–Crippen MR) is 52.2 cm³/mol. The predicted octanol–water partition coefficient (Wildman–Crippen LogP) is 1.56. The summed E-state index contributed by atoms with van der Waals surface area (Å²) in [5.41, 5.74) is 0.288. The zero-order valence-electron chi connectivity index (χ0n) is 7.90. The number of aliphatic hydroxyl groups is 1. The highest BCUT2D eigenvalue weighted by Crippen LogP contribution is 2.34. The monoisotopic (exact) mass is 177 g/mol. The Morgan fingerprint density at radius 3 is 2.54 bits per heavy atom. The third kappa shape index (κ3) is 1.36. The Morgan fingerprint density at radius 1 is 1.31 bits per heavy atom. The first-order valence-corrected chi connectivity index (χ1v) is 4.72. The van der Waals surface area contributed by atoms with Crippen molar-refractivity contribution in [2.24, 2.45) is 0 Å². The summed E-state index contributed by atoms with van der Waals surface area (Å²) in [5, 5.41) is 10.4. The lowest BCUT2D eigenvalue weighted by molar-refractivity contribution is -0.0736. The van der Waals surface area contributed by atoms with Crippen molar-refractivity contribution < 1.29 is 5.11 Å². The summed E-state index contributed by atoms with van der Waals surface area (Å²) in [4.78, 5) is 2.02. The second-order valence-corrected chi connectivity index (χ2v) is 3.71. The average molecular weight is 177 g/mol.